The summed E-state index contributed by atoms with van der Waals surface area (Å²) in [5, 5.41) is 12.2. The van der Waals surface area contributed by atoms with E-state index in [9.17, 15) is 9.59 Å². The first-order chi connectivity index (χ1) is 20.2. The van der Waals surface area contributed by atoms with E-state index in [0.29, 0.717) is 17.2 Å². The zero-order chi connectivity index (χ0) is 30.2. The predicted octanol–water partition coefficient (Wildman–Crippen LogP) is 5.44. The molecule has 2 aromatic carbocycles. The number of aromatic nitrogens is 1. The summed E-state index contributed by atoms with van der Waals surface area (Å²) < 4.78 is 7.81. The molecule has 0 radical (unpaired) electrons. The lowest BCUT2D eigenvalue weighted by atomic mass is 9.94. The van der Waals surface area contributed by atoms with Crippen molar-refractivity contribution in [3.05, 3.63) is 86.3 Å². The van der Waals surface area contributed by atoms with E-state index >= 15 is 0 Å². The van der Waals surface area contributed by atoms with Gasteiger partial charge in [-0.1, -0.05) is 24.3 Å². The standard InChI is InChI=1S/C33H43IN4O4/c1-5-38(28-11-15-42-16-12-28)31-19-27(26-9-7-25(8-10-26)21-37(34)13-6-14-39)18-29(24(31)4)32(40)35-20-30-22(2)17-23(3)36-33(30)41/h7-10,17-19,28,39H,5-6,11-16,20-21H2,1-4H3,(H,35,40)(H,36,41). The molecule has 0 bridgehead atoms. The number of amides is 1. The van der Waals surface area contributed by atoms with Crippen molar-refractivity contribution in [2.45, 2.75) is 66.1 Å². The van der Waals surface area contributed by atoms with Gasteiger partial charge in [-0.2, -0.15) is 0 Å². The molecule has 0 spiro atoms. The van der Waals surface area contributed by atoms with Crippen LogP contribution < -0.4 is 15.8 Å². The fourth-order valence-corrected chi connectivity index (χ4v) is 6.44. The molecule has 226 valence electrons. The third-order valence-electron chi connectivity index (χ3n) is 8.03. The number of aliphatic hydroxyl groups excluding tert-OH is 1. The minimum Gasteiger partial charge on any atom is -0.396 e. The largest absolute Gasteiger partial charge is 0.396 e. The maximum atomic E-state index is 13.7. The highest BCUT2D eigenvalue weighted by Crippen LogP contribution is 2.34. The second-order valence-electron chi connectivity index (χ2n) is 11.0. The van der Waals surface area contributed by atoms with Gasteiger partial charge in [0.05, 0.1) is 0 Å². The van der Waals surface area contributed by atoms with Gasteiger partial charge >= 0.3 is 0 Å². The van der Waals surface area contributed by atoms with Gasteiger partial charge in [-0.3, -0.25) is 9.59 Å². The van der Waals surface area contributed by atoms with Crippen LogP contribution in [0.5, 0.6) is 0 Å². The lowest BCUT2D eigenvalue weighted by Gasteiger charge is -2.37. The van der Waals surface area contributed by atoms with Crippen molar-refractivity contribution >= 4 is 34.5 Å². The number of H-pyrrole nitrogens is 1. The fraction of sp³-hybridized carbons (Fsp3) is 0.455. The molecule has 42 heavy (non-hydrogen) atoms. The first kappa shape index (κ1) is 32.2. The molecule has 0 unspecified atom stereocenters. The van der Waals surface area contributed by atoms with E-state index in [0.717, 1.165) is 85.7 Å². The first-order valence-corrected chi connectivity index (χ1v) is 15.8. The number of aromatic amines is 1. The number of nitrogens with one attached hydrogen (secondary N) is 2. The summed E-state index contributed by atoms with van der Waals surface area (Å²) in [6.07, 6.45) is 2.65. The summed E-state index contributed by atoms with van der Waals surface area (Å²) in [6.45, 7) is 12.2. The van der Waals surface area contributed by atoms with Gasteiger partial charge in [0.25, 0.3) is 11.5 Å². The number of anilines is 1. The van der Waals surface area contributed by atoms with E-state index in [-0.39, 0.29) is 24.6 Å². The summed E-state index contributed by atoms with van der Waals surface area (Å²) >= 11 is 2.30. The SMILES string of the molecule is CCN(c1cc(-c2ccc(CN(I)CCCO)cc2)cc(C(=O)NCc2c(C)cc(C)[nH]c2=O)c1C)C1CCOCC1. The van der Waals surface area contributed by atoms with Crippen molar-refractivity contribution in [2.75, 3.05) is 37.8 Å². The van der Waals surface area contributed by atoms with Crippen LogP contribution in [0.2, 0.25) is 0 Å². The van der Waals surface area contributed by atoms with Gasteiger partial charge in [-0.15, -0.1) is 0 Å². The number of carbonyl (C=O) groups is 1. The Morgan fingerprint density at radius 3 is 2.45 bits per heavy atom. The van der Waals surface area contributed by atoms with E-state index in [1.807, 2.05) is 32.9 Å². The van der Waals surface area contributed by atoms with Crippen molar-refractivity contribution in [3.63, 3.8) is 0 Å². The molecule has 1 aromatic heterocycles. The number of nitrogens with zero attached hydrogens (tertiary/aromatic N) is 2. The van der Waals surface area contributed by atoms with Crippen LogP contribution in [-0.4, -0.2) is 58.1 Å². The number of hydrogen-bond donors (Lipinski definition) is 3. The van der Waals surface area contributed by atoms with Crippen LogP contribution in [0.3, 0.4) is 0 Å². The Labute approximate surface area is 263 Å². The van der Waals surface area contributed by atoms with Gasteiger partial charge in [0.1, 0.15) is 0 Å². The molecule has 1 aliphatic heterocycles. The number of aliphatic hydroxyl groups is 1. The zero-order valence-electron chi connectivity index (χ0n) is 25.1. The molecule has 0 aliphatic carbocycles. The number of rotatable bonds is 12. The number of benzene rings is 2. The Bertz CT molecular complexity index is 1420. The molecule has 4 rings (SSSR count). The number of pyridine rings is 1. The third-order valence-corrected chi connectivity index (χ3v) is 8.85. The molecule has 3 aromatic rings. The van der Waals surface area contributed by atoms with Crippen molar-refractivity contribution in [2.24, 2.45) is 0 Å². The first-order valence-electron chi connectivity index (χ1n) is 14.8. The van der Waals surface area contributed by atoms with Gasteiger partial charge in [-0.05, 0) is 93.0 Å². The van der Waals surface area contributed by atoms with E-state index in [2.05, 4.69) is 78.4 Å². The summed E-state index contributed by atoms with van der Waals surface area (Å²) in [5.74, 6) is -0.195. The van der Waals surface area contributed by atoms with Crippen LogP contribution in [0.1, 0.15) is 64.5 Å². The number of halogens is 1. The van der Waals surface area contributed by atoms with E-state index < -0.39 is 0 Å². The molecule has 9 heteroatoms. The maximum absolute atomic E-state index is 13.7. The normalized spacial score (nSPS) is 13.9. The molecule has 2 heterocycles. The Hall–Kier alpha value is -2.73. The fourth-order valence-electron chi connectivity index (χ4n) is 5.71. The molecule has 1 amide bonds. The molecule has 1 aliphatic rings. The average Bonchev–Trinajstić information content (AvgIpc) is 2.97. The molecule has 3 N–H and O–H groups in total. The molecule has 8 nitrogen and oxygen atoms in total. The summed E-state index contributed by atoms with van der Waals surface area (Å²) in [5.41, 5.74) is 7.87. The highest BCUT2D eigenvalue weighted by atomic mass is 127. The van der Waals surface area contributed by atoms with Crippen molar-refractivity contribution < 1.29 is 14.6 Å². The topological polar surface area (TPSA) is 97.9 Å². The average molecular weight is 687 g/mol. The molecule has 1 fully saturated rings. The molecule has 0 saturated carbocycles. The van der Waals surface area contributed by atoms with Crippen LogP contribution in [0.4, 0.5) is 5.69 Å². The minimum atomic E-state index is -0.195. The van der Waals surface area contributed by atoms with Crippen LogP contribution in [0.15, 0.2) is 47.3 Å². The van der Waals surface area contributed by atoms with Crippen LogP contribution in [0.25, 0.3) is 11.1 Å². The number of aryl methyl sites for hydroxylation is 2. The smallest absolute Gasteiger partial charge is 0.253 e. The third kappa shape index (κ3) is 8.00. The minimum absolute atomic E-state index is 0.161. The van der Waals surface area contributed by atoms with E-state index in [4.69, 9.17) is 9.84 Å². The Kier molecular flexibility index (Phi) is 11.6. The quantitative estimate of drug-likeness (QED) is 0.174. The van der Waals surface area contributed by atoms with E-state index in [1.165, 1.54) is 5.56 Å². The molecular weight excluding hydrogens is 643 g/mol. The maximum Gasteiger partial charge on any atom is 0.253 e. The lowest BCUT2D eigenvalue weighted by Crippen LogP contribution is -2.40. The van der Waals surface area contributed by atoms with Crippen molar-refractivity contribution in [1.82, 2.24) is 13.4 Å². The van der Waals surface area contributed by atoms with Crippen LogP contribution in [-0.2, 0) is 17.8 Å². The predicted molar refractivity (Wildman–Crippen MR) is 177 cm³/mol. The monoisotopic (exact) mass is 686 g/mol. The van der Waals surface area contributed by atoms with Crippen LogP contribution in [0, 0.1) is 20.8 Å². The summed E-state index contributed by atoms with van der Waals surface area (Å²) in [7, 11) is 0. The molecule has 0 atom stereocenters. The Balaban J connectivity index is 1.68. The van der Waals surface area contributed by atoms with Gasteiger partial charge < -0.3 is 25.0 Å². The second-order valence-corrected chi connectivity index (χ2v) is 12.4. The second kappa shape index (κ2) is 15.1. The highest BCUT2D eigenvalue weighted by molar-refractivity contribution is 14.1. The lowest BCUT2D eigenvalue weighted by molar-refractivity contribution is 0.0846. The van der Waals surface area contributed by atoms with Gasteiger partial charge in [0.15, 0.2) is 0 Å². The van der Waals surface area contributed by atoms with Crippen molar-refractivity contribution in [1.29, 1.82) is 0 Å². The van der Waals surface area contributed by atoms with Crippen LogP contribution >= 0.6 is 22.9 Å². The molecule has 1 saturated heterocycles. The van der Waals surface area contributed by atoms with Gasteiger partial charge in [-0.25, -0.2) is 3.11 Å². The summed E-state index contributed by atoms with van der Waals surface area (Å²) in [6, 6.07) is 14.9. The number of hydrogen-bond acceptors (Lipinski definition) is 6. The number of ether oxygens (including phenoxy) is 1. The van der Waals surface area contributed by atoms with E-state index in [1.54, 1.807) is 0 Å². The number of carbonyl (C=O) groups excluding carboxylic acids is 1. The summed E-state index contributed by atoms with van der Waals surface area (Å²) in [4.78, 5) is 31.6. The Morgan fingerprint density at radius 1 is 1.10 bits per heavy atom. The van der Waals surface area contributed by atoms with Gasteiger partial charge in [0.2, 0.25) is 0 Å². The zero-order valence-corrected chi connectivity index (χ0v) is 27.3. The highest BCUT2D eigenvalue weighted by Gasteiger charge is 2.25. The van der Waals surface area contributed by atoms with Gasteiger partial charge in [0, 0.05) is 97.4 Å². The van der Waals surface area contributed by atoms with Crippen molar-refractivity contribution in [3.8, 4) is 11.1 Å². The Morgan fingerprint density at radius 2 is 1.81 bits per heavy atom. The molecular formula is C33H43IN4O4.